The number of rotatable bonds is 4. The second-order valence-electron chi connectivity index (χ2n) is 10.1. The number of hydrogen-bond acceptors (Lipinski definition) is 5. The van der Waals surface area contributed by atoms with Crippen LogP contribution in [0.15, 0.2) is 48.5 Å². The molecule has 2 aromatic rings. The fourth-order valence-corrected chi connectivity index (χ4v) is 4.49. The molecule has 0 saturated heterocycles. The fraction of sp³-hybridized carbons (Fsp3) is 0.483. The van der Waals surface area contributed by atoms with Crippen LogP contribution in [0.1, 0.15) is 44.7 Å². The van der Waals surface area contributed by atoms with Crippen molar-refractivity contribution in [3.8, 4) is 5.75 Å². The topological polar surface area (TPSA) is 109 Å². The van der Waals surface area contributed by atoms with Gasteiger partial charge in [0.25, 0.3) is 0 Å². The molecule has 0 aromatic heterocycles. The molecule has 3 rings (SSSR count). The number of carbonyl (C=O) groups is 3. The molecule has 0 saturated carbocycles. The zero-order chi connectivity index (χ0) is 27.5. The molecule has 0 bridgehead atoms. The van der Waals surface area contributed by atoms with Crippen molar-refractivity contribution < 1.29 is 23.5 Å². The first kappa shape index (κ1) is 29.1. The molecule has 0 radical (unpaired) electrons. The highest BCUT2D eigenvalue weighted by atomic mass is 19.1. The molecule has 4 atom stereocenters. The lowest BCUT2D eigenvalue weighted by atomic mass is 10.00. The van der Waals surface area contributed by atoms with Crippen LogP contribution < -0.4 is 26.0 Å². The fourth-order valence-electron chi connectivity index (χ4n) is 4.49. The maximum absolute atomic E-state index is 13.8. The number of halogens is 1. The van der Waals surface area contributed by atoms with Gasteiger partial charge >= 0.3 is 0 Å². The van der Waals surface area contributed by atoms with Gasteiger partial charge in [0.15, 0.2) is 0 Å². The van der Waals surface area contributed by atoms with E-state index < -0.39 is 23.9 Å². The summed E-state index contributed by atoms with van der Waals surface area (Å²) in [6, 6.07) is 12.2. The van der Waals surface area contributed by atoms with Crippen LogP contribution in [-0.4, -0.2) is 55.5 Å². The van der Waals surface area contributed by atoms with E-state index in [1.54, 1.807) is 12.1 Å². The first-order valence-electron chi connectivity index (χ1n) is 13.3. The average Bonchev–Trinajstić information content (AvgIpc) is 2.89. The summed E-state index contributed by atoms with van der Waals surface area (Å²) in [5.41, 5.74) is 1.67. The van der Waals surface area contributed by atoms with Gasteiger partial charge < -0.3 is 20.7 Å². The second kappa shape index (κ2) is 14.5. The normalized spacial score (nSPS) is 24.1. The standard InChI is InChI=1S/C29H39FN4O4/c1-4-8-24-28(36)31-16-19(2)13-22-10-5-6-12-26(22)38-18-20(3)33-25(29(37)32-17-27(35)34-24)15-21-9-7-11-23(30)14-21/h5-7,9-12,14,19-20,24-25,33H,4,8,13,15-18H2,1-3H3,(H,31,36)(H,32,37)(H,34,35)/t19-,20-,24-,25+/m0/s1. The maximum atomic E-state index is 13.8. The van der Waals surface area contributed by atoms with E-state index in [0.29, 0.717) is 38.0 Å². The van der Waals surface area contributed by atoms with Crippen LogP contribution in [0.2, 0.25) is 0 Å². The highest BCUT2D eigenvalue weighted by molar-refractivity contribution is 5.91. The first-order valence-corrected chi connectivity index (χ1v) is 13.3. The Balaban J connectivity index is 1.83. The van der Waals surface area contributed by atoms with Crippen molar-refractivity contribution in [2.24, 2.45) is 5.92 Å². The highest BCUT2D eigenvalue weighted by Gasteiger charge is 2.25. The van der Waals surface area contributed by atoms with Crippen LogP contribution >= 0.6 is 0 Å². The van der Waals surface area contributed by atoms with Gasteiger partial charge in [-0.3, -0.25) is 19.7 Å². The Morgan fingerprint density at radius 1 is 0.974 bits per heavy atom. The van der Waals surface area contributed by atoms with Crippen LogP contribution in [0, 0.1) is 11.7 Å². The van der Waals surface area contributed by atoms with Gasteiger partial charge in [0, 0.05) is 12.6 Å². The number of carbonyl (C=O) groups excluding carboxylic acids is 3. The number of fused-ring (bicyclic) bond motifs is 1. The highest BCUT2D eigenvalue weighted by Crippen LogP contribution is 2.21. The largest absolute Gasteiger partial charge is 0.492 e. The van der Waals surface area contributed by atoms with Crippen LogP contribution in [0.4, 0.5) is 4.39 Å². The Hall–Kier alpha value is -3.46. The Kier molecular flexibility index (Phi) is 11.1. The number of benzene rings is 2. The molecule has 0 aliphatic carbocycles. The predicted octanol–water partition coefficient (Wildman–Crippen LogP) is 2.50. The summed E-state index contributed by atoms with van der Waals surface area (Å²) in [7, 11) is 0. The summed E-state index contributed by atoms with van der Waals surface area (Å²) < 4.78 is 19.9. The number of nitrogens with one attached hydrogen (secondary N) is 4. The summed E-state index contributed by atoms with van der Waals surface area (Å²) in [5, 5.41) is 11.6. The lowest BCUT2D eigenvalue weighted by Gasteiger charge is -2.25. The van der Waals surface area contributed by atoms with Crippen LogP contribution in [0.3, 0.4) is 0 Å². The smallest absolute Gasteiger partial charge is 0.242 e. The molecule has 0 spiro atoms. The van der Waals surface area contributed by atoms with Crippen molar-refractivity contribution in [3.05, 3.63) is 65.5 Å². The Bertz CT molecular complexity index is 1100. The molecule has 206 valence electrons. The van der Waals surface area contributed by atoms with Gasteiger partial charge in [0.2, 0.25) is 17.7 Å². The summed E-state index contributed by atoms with van der Waals surface area (Å²) in [5.74, 6) is -0.582. The quantitative estimate of drug-likeness (QED) is 0.490. The van der Waals surface area contributed by atoms with E-state index in [-0.39, 0.29) is 36.6 Å². The van der Waals surface area contributed by atoms with Gasteiger partial charge in [0.05, 0.1) is 12.6 Å². The molecule has 1 aliphatic heterocycles. The Morgan fingerprint density at radius 3 is 2.50 bits per heavy atom. The van der Waals surface area contributed by atoms with Crippen molar-refractivity contribution in [1.82, 2.24) is 21.3 Å². The minimum absolute atomic E-state index is 0.144. The van der Waals surface area contributed by atoms with Crippen molar-refractivity contribution in [2.75, 3.05) is 19.7 Å². The minimum atomic E-state index is -0.730. The molecule has 8 nitrogen and oxygen atoms in total. The number of hydrogen-bond donors (Lipinski definition) is 4. The summed E-state index contributed by atoms with van der Waals surface area (Å²) in [6.45, 7) is 6.39. The van der Waals surface area contributed by atoms with Gasteiger partial charge in [-0.1, -0.05) is 50.6 Å². The third-order valence-corrected chi connectivity index (χ3v) is 6.44. The third kappa shape index (κ3) is 9.13. The lowest BCUT2D eigenvalue weighted by Crippen LogP contribution is -2.53. The molecule has 3 amide bonds. The molecule has 1 aliphatic rings. The van der Waals surface area contributed by atoms with Crippen molar-refractivity contribution in [1.29, 1.82) is 0 Å². The van der Waals surface area contributed by atoms with E-state index in [2.05, 4.69) is 28.2 Å². The minimum Gasteiger partial charge on any atom is -0.492 e. The third-order valence-electron chi connectivity index (χ3n) is 6.44. The molecular weight excluding hydrogens is 487 g/mol. The number of para-hydroxylation sites is 1. The molecule has 2 aromatic carbocycles. The van der Waals surface area contributed by atoms with E-state index in [1.807, 2.05) is 38.1 Å². The molecule has 9 heteroatoms. The van der Waals surface area contributed by atoms with Crippen LogP contribution in [0.25, 0.3) is 0 Å². The van der Waals surface area contributed by atoms with Gasteiger partial charge in [-0.15, -0.1) is 0 Å². The van der Waals surface area contributed by atoms with Crippen molar-refractivity contribution in [2.45, 2.75) is 64.6 Å². The summed E-state index contributed by atoms with van der Waals surface area (Å²) in [4.78, 5) is 38.6. The number of ether oxygens (including phenoxy) is 1. The summed E-state index contributed by atoms with van der Waals surface area (Å²) in [6.07, 6.45) is 2.12. The second-order valence-corrected chi connectivity index (χ2v) is 10.1. The molecule has 4 N–H and O–H groups in total. The molecule has 0 fully saturated rings. The van der Waals surface area contributed by atoms with Crippen molar-refractivity contribution >= 4 is 17.7 Å². The zero-order valence-electron chi connectivity index (χ0n) is 22.4. The van der Waals surface area contributed by atoms with E-state index >= 15 is 0 Å². The average molecular weight is 527 g/mol. The summed E-state index contributed by atoms with van der Waals surface area (Å²) >= 11 is 0. The lowest BCUT2D eigenvalue weighted by molar-refractivity contribution is -0.130. The van der Waals surface area contributed by atoms with Crippen LogP contribution in [-0.2, 0) is 27.2 Å². The molecule has 1 heterocycles. The Morgan fingerprint density at radius 2 is 1.74 bits per heavy atom. The van der Waals surface area contributed by atoms with E-state index in [0.717, 1.165) is 11.3 Å². The van der Waals surface area contributed by atoms with E-state index in [9.17, 15) is 18.8 Å². The number of amides is 3. The Labute approximate surface area is 224 Å². The van der Waals surface area contributed by atoms with E-state index in [4.69, 9.17) is 4.74 Å². The van der Waals surface area contributed by atoms with Crippen LogP contribution in [0.5, 0.6) is 5.75 Å². The van der Waals surface area contributed by atoms with Gasteiger partial charge in [0.1, 0.15) is 24.2 Å². The van der Waals surface area contributed by atoms with Gasteiger partial charge in [-0.2, -0.15) is 0 Å². The molecular formula is C29H39FN4O4. The zero-order valence-corrected chi connectivity index (χ0v) is 22.4. The molecule has 38 heavy (non-hydrogen) atoms. The monoisotopic (exact) mass is 526 g/mol. The van der Waals surface area contributed by atoms with Gasteiger partial charge in [-0.05, 0) is 61.4 Å². The van der Waals surface area contributed by atoms with Gasteiger partial charge in [-0.25, -0.2) is 4.39 Å². The first-order chi connectivity index (χ1) is 18.2. The molecule has 0 unspecified atom stereocenters. The predicted molar refractivity (Wildman–Crippen MR) is 144 cm³/mol. The van der Waals surface area contributed by atoms with E-state index in [1.165, 1.54) is 12.1 Å². The SMILES string of the molecule is CCC[C@@H]1NC(=O)CNC(=O)[C@@H](Cc2cccc(F)c2)N[C@@H](C)COc2ccccc2C[C@H](C)CNC1=O. The van der Waals surface area contributed by atoms with Crippen molar-refractivity contribution in [3.63, 3.8) is 0 Å². The maximum Gasteiger partial charge on any atom is 0.242 e.